The second kappa shape index (κ2) is 14.4. The number of fused-ring (bicyclic) bond motifs is 6. The van der Waals surface area contributed by atoms with Gasteiger partial charge in [0.2, 0.25) is 0 Å². The van der Waals surface area contributed by atoms with Crippen LogP contribution in [0.1, 0.15) is 16.9 Å². The van der Waals surface area contributed by atoms with Gasteiger partial charge in [-0.3, -0.25) is 0 Å². The van der Waals surface area contributed by atoms with Crippen LogP contribution in [0.15, 0.2) is 206 Å². The van der Waals surface area contributed by atoms with Crippen molar-refractivity contribution in [3.05, 3.63) is 217 Å². The van der Waals surface area contributed by atoms with Gasteiger partial charge < -0.3 is 14.4 Å². The molecule has 0 spiro atoms. The third kappa shape index (κ3) is 5.98. The molecular weight excluding hydrogens is 723 g/mol. The number of para-hydroxylation sites is 4. The quantitative estimate of drug-likeness (QED) is 0.153. The number of allylic oxidation sites excluding steroid dienone is 1. The van der Waals surface area contributed by atoms with E-state index in [-0.39, 0.29) is 0 Å². The molecule has 2 heterocycles. The Hall–Kier alpha value is -7.14. The Morgan fingerprint density at radius 2 is 1.00 bits per heavy atom. The summed E-state index contributed by atoms with van der Waals surface area (Å²) in [5, 5.41) is 3.87. The van der Waals surface area contributed by atoms with Gasteiger partial charge in [-0.05, 0) is 138 Å². The van der Waals surface area contributed by atoms with Crippen LogP contribution in [0.3, 0.4) is 0 Å². The average Bonchev–Trinajstić information content (AvgIpc) is 3.83. The van der Waals surface area contributed by atoms with Crippen LogP contribution in [0, 0.1) is 0 Å². The molecule has 58 heavy (non-hydrogen) atoms. The maximum absolute atomic E-state index is 2.43. The Morgan fingerprint density at radius 1 is 0.414 bits per heavy atom. The fourth-order valence-electron chi connectivity index (χ4n) is 8.75. The van der Waals surface area contributed by atoms with Gasteiger partial charge in [-0.25, -0.2) is 0 Å². The zero-order valence-electron chi connectivity index (χ0n) is 31.9. The van der Waals surface area contributed by atoms with Gasteiger partial charge in [-0.1, -0.05) is 109 Å². The molecule has 0 atom stereocenters. The van der Waals surface area contributed by atoms with Crippen molar-refractivity contribution in [1.29, 1.82) is 0 Å². The van der Waals surface area contributed by atoms with Crippen LogP contribution in [0.25, 0.3) is 54.8 Å². The number of nitrogens with zero attached hydrogens (tertiary/aromatic N) is 3. The molecule has 3 nitrogen and oxygen atoms in total. The summed E-state index contributed by atoms with van der Waals surface area (Å²) in [5.41, 5.74) is 14.0. The van der Waals surface area contributed by atoms with Crippen molar-refractivity contribution in [3.8, 4) is 16.8 Å². The number of aromatic nitrogens is 1. The van der Waals surface area contributed by atoms with E-state index >= 15 is 0 Å². The van der Waals surface area contributed by atoms with E-state index in [1.54, 1.807) is 0 Å². The monoisotopic (exact) mass is 761 g/mol. The summed E-state index contributed by atoms with van der Waals surface area (Å²) in [4.78, 5) is 6.16. The minimum atomic E-state index is 1.07. The lowest BCUT2D eigenvalue weighted by atomic mass is 10.00. The van der Waals surface area contributed by atoms with Gasteiger partial charge in [-0.15, -0.1) is 11.3 Å². The van der Waals surface area contributed by atoms with E-state index in [0.717, 1.165) is 52.7 Å². The maximum Gasteiger partial charge on any atom is 0.0547 e. The van der Waals surface area contributed by atoms with E-state index in [0.29, 0.717) is 0 Å². The highest BCUT2D eigenvalue weighted by Crippen LogP contribution is 2.44. The predicted molar refractivity (Wildman–Crippen MR) is 248 cm³/mol. The number of thiophene rings is 1. The highest BCUT2D eigenvalue weighted by Gasteiger charge is 2.21. The van der Waals surface area contributed by atoms with Gasteiger partial charge in [-0.2, -0.15) is 0 Å². The first-order valence-corrected chi connectivity index (χ1v) is 20.8. The molecule has 1 aliphatic carbocycles. The van der Waals surface area contributed by atoms with Crippen LogP contribution < -0.4 is 9.80 Å². The average molecular weight is 762 g/mol. The Kier molecular flexibility index (Phi) is 8.49. The van der Waals surface area contributed by atoms with Gasteiger partial charge in [0.25, 0.3) is 0 Å². The topological polar surface area (TPSA) is 11.4 Å². The summed E-state index contributed by atoms with van der Waals surface area (Å²) in [7, 11) is 0. The number of anilines is 6. The number of hydrogen-bond acceptors (Lipinski definition) is 3. The van der Waals surface area contributed by atoms with E-state index in [9.17, 15) is 0 Å². The van der Waals surface area contributed by atoms with Crippen molar-refractivity contribution >= 4 is 83.4 Å². The molecule has 0 unspecified atom stereocenters. The van der Waals surface area contributed by atoms with E-state index in [1.165, 1.54) is 53.5 Å². The highest BCUT2D eigenvalue weighted by molar-refractivity contribution is 7.20. The fraction of sp³-hybridized carbons (Fsp3) is 0.0370. The lowest BCUT2D eigenvalue weighted by Gasteiger charge is -2.29. The lowest BCUT2D eigenvalue weighted by Crippen LogP contribution is -2.13. The highest BCUT2D eigenvalue weighted by atomic mass is 32.1. The fourth-order valence-corrected chi connectivity index (χ4v) is 9.92. The summed E-state index contributed by atoms with van der Waals surface area (Å²) >= 11 is 1.90. The van der Waals surface area contributed by atoms with Crippen LogP contribution in [0.2, 0.25) is 0 Å². The molecule has 0 saturated carbocycles. The zero-order valence-corrected chi connectivity index (χ0v) is 32.7. The first kappa shape index (κ1) is 34.1. The Labute approximate surface area is 342 Å². The number of aryl methyl sites for hydroxylation is 1. The maximum atomic E-state index is 2.43. The molecule has 8 aromatic carbocycles. The van der Waals surface area contributed by atoms with Crippen LogP contribution >= 0.6 is 11.3 Å². The molecular formula is C54H39N3S. The largest absolute Gasteiger partial charge is 0.310 e. The third-order valence-electron chi connectivity index (χ3n) is 11.4. The van der Waals surface area contributed by atoms with Crippen LogP contribution in [0.5, 0.6) is 0 Å². The molecule has 1 aliphatic rings. The molecule has 10 aromatic rings. The predicted octanol–water partition coefficient (Wildman–Crippen LogP) is 15.6. The first-order chi connectivity index (χ1) is 28.8. The van der Waals surface area contributed by atoms with Crippen molar-refractivity contribution in [2.45, 2.75) is 12.8 Å². The molecule has 2 aromatic heterocycles. The van der Waals surface area contributed by atoms with Gasteiger partial charge in [0, 0.05) is 60.2 Å². The number of benzene rings is 8. The second-order valence-electron chi connectivity index (χ2n) is 14.9. The van der Waals surface area contributed by atoms with Crippen LogP contribution in [-0.2, 0) is 6.42 Å². The number of rotatable bonds is 8. The minimum Gasteiger partial charge on any atom is -0.310 e. The molecule has 11 rings (SSSR count). The second-order valence-corrected chi connectivity index (χ2v) is 16.0. The lowest BCUT2D eigenvalue weighted by molar-refractivity contribution is 1.01. The Bertz CT molecular complexity index is 3080. The van der Waals surface area contributed by atoms with Gasteiger partial charge in [0.05, 0.1) is 11.0 Å². The molecule has 0 radical (unpaired) electrons. The van der Waals surface area contributed by atoms with Crippen molar-refractivity contribution < 1.29 is 0 Å². The third-order valence-corrected chi connectivity index (χ3v) is 12.6. The summed E-state index contributed by atoms with van der Waals surface area (Å²) < 4.78 is 3.73. The Balaban J connectivity index is 1.09. The smallest absolute Gasteiger partial charge is 0.0547 e. The standard InChI is InChI=1S/C54H39N3S/c1-4-17-40(18-5-1)55(41-19-6-2-7-20-41)44-24-15-25-45(36-44)56(46-31-33-54-50(37-46)49-27-11-13-29-53(49)58-54)43-23-14-16-38(34-43)39-30-32-48-47-26-10-12-28-51(47)57(52(48)35-39)42-21-8-3-9-22-42/h1-10,12-26,28-37H,11,27H2. The molecule has 0 saturated heterocycles. The van der Waals surface area contributed by atoms with E-state index in [4.69, 9.17) is 0 Å². The Morgan fingerprint density at radius 3 is 1.76 bits per heavy atom. The van der Waals surface area contributed by atoms with E-state index in [1.807, 2.05) is 11.3 Å². The SMILES string of the molecule is C1=Cc2sc3ccc(N(c4cccc(-c5ccc6c7ccccc7n(-c7ccccc7)c6c5)c4)c4cccc(N(c5ccccc5)c5ccccc5)c4)cc3c2CC1. The van der Waals surface area contributed by atoms with E-state index < -0.39 is 0 Å². The van der Waals surface area contributed by atoms with Crippen molar-refractivity contribution in [2.75, 3.05) is 9.80 Å². The van der Waals surface area contributed by atoms with Crippen molar-refractivity contribution in [3.63, 3.8) is 0 Å². The van der Waals surface area contributed by atoms with Crippen molar-refractivity contribution in [1.82, 2.24) is 4.57 Å². The van der Waals surface area contributed by atoms with Crippen LogP contribution in [-0.4, -0.2) is 4.57 Å². The van der Waals surface area contributed by atoms with Gasteiger partial charge in [0.1, 0.15) is 0 Å². The van der Waals surface area contributed by atoms with Crippen LogP contribution in [0.4, 0.5) is 34.1 Å². The summed E-state index contributed by atoms with van der Waals surface area (Å²) in [6, 6.07) is 72.7. The van der Waals surface area contributed by atoms with Gasteiger partial charge >= 0.3 is 0 Å². The molecule has 0 bridgehead atoms. The minimum absolute atomic E-state index is 1.07. The molecule has 276 valence electrons. The number of hydrogen-bond donors (Lipinski definition) is 0. The molecule has 0 aliphatic heterocycles. The van der Waals surface area contributed by atoms with E-state index in [2.05, 4.69) is 227 Å². The first-order valence-electron chi connectivity index (χ1n) is 20.0. The zero-order chi connectivity index (χ0) is 38.4. The van der Waals surface area contributed by atoms with Gasteiger partial charge in [0.15, 0.2) is 0 Å². The van der Waals surface area contributed by atoms with Crippen molar-refractivity contribution in [2.24, 2.45) is 0 Å². The summed E-state index contributed by atoms with van der Waals surface area (Å²) in [6.45, 7) is 0. The molecule has 4 heteroatoms. The normalized spacial score (nSPS) is 12.3. The summed E-state index contributed by atoms with van der Waals surface area (Å²) in [5.74, 6) is 0. The molecule has 0 fully saturated rings. The summed E-state index contributed by atoms with van der Waals surface area (Å²) in [6.07, 6.45) is 6.78. The molecule has 0 amide bonds. The molecule has 0 N–H and O–H groups in total.